The van der Waals surface area contributed by atoms with E-state index < -0.39 is 29.1 Å². The van der Waals surface area contributed by atoms with Crippen molar-refractivity contribution in [3.05, 3.63) is 69.3 Å². The maximum Gasteiger partial charge on any atom is 0.434 e. The Kier molecular flexibility index (Phi) is 6.45. The normalized spacial score (nSPS) is 11.2. The molecule has 3 rings (SSSR count). The Bertz CT molecular complexity index is 1200. The van der Waals surface area contributed by atoms with Crippen molar-refractivity contribution in [2.24, 2.45) is 0 Å². The second-order valence-electron chi connectivity index (χ2n) is 6.05. The Morgan fingerprint density at radius 2 is 2.03 bits per heavy atom. The Labute approximate surface area is 177 Å². The molecule has 0 unspecified atom stereocenters. The third kappa shape index (κ3) is 4.95. The molecule has 0 bridgehead atoms. The number of nitrogens with one attached hydrogen (secondary N) is 1. The third-order valence-electron chi connectivity index (χ3n) is 3.97. The lowest BCUT2D eigenvalue weighted by atomic mass is 10.1. The Morgan fingerprint density at radius 3 is 2.65 bits per heavy atom. The van der Waals surface area contributed by atoms with E-state index in [9.17, 15) is 28.0 Å². The first-order valence-electron chi connectivity index (χ1n) is 8.81. The quantitative estimate of drug-likeness (QED) is 0.575. The molecule has 31 heavy (non-hydrogen) atoms. The third-order valence-corrected chi connectivity index (χ3v) is 4.97. The highest BCUT2D eigenvalue weighted by Gasteiger charge is 2.39. The van der Waals surface area contributed by atoms with Crippen molar-refractivity contribution in [3.63, 3.8) is 0 Å². The molecule has 0 atom stereocenters. The number of carbonyl (C=O) groups excluding carboxylic acids is 1. The fraction of sp³-hybridized carbons (Fsp3) is 0.211. The molecule has 2 aromatic heterocycles. The molecule has 1 N–H and O–H groups in total. The molecule has 0 radical (unpaired) electrons. The summed E-state index contributed by atoms with van der Waals surface area (Å²) in [5, 5.41) is 15.1. The lowest BCUT2D eigenvalue weighted by Gasteiger charge is -2.14. The van der Waals surface area contributed by atoms with Crippen LogP contribution in [0.1, 0.15) is 34.1 Å². The molecule has 3 aromatic rings. The summed E-state index contributed by atoms with van der Waals surface area (Å²) in [5.41, 5.74) is -2.46. The molecule has 0 spiro atoms. The Hall–Kier alpha value is -3.59. The molecule has 0 aliphatic rings. The number of aromatic amines is 1. The SMILES string of the molecule is CCOC(=O)c1cc(C#N)c(Sc2n[nH]c(=O)n2Cc2ccccc2)nc1C(F)(F)F. The van der Waals surface area contributed by atoms with Crippen LogP contribution in [0.5, 0.6) is 0 Å². The average Bonchev–Trinajstić information content (AvgIpc) is 3.07. The fourth-order valence-electron chi connectivity index (χ4n) is 2.61. The summed E-state index contributed by atoms with van der Waals surface area (Å²) in [6.07, 6.45) is -4.97. The summed E-state index contributed by atoms with van der Waals surface area (Å²) in [5.74, 6) is -1.24. The van der Waals surface area contributed by atoms with Crippen LogP contribution in [-0.4, -0.2) is 32.3 Å². The van der Waals surface area contributed by atoms with E-state index in [-0.39, 0.29) is 28.9 Å². The van der Waals surface area contributed by atoms with Crippen molar-refractivity contribution in [1.82, 2.24) is 19.7 Å². The number of aromatic nitrogens is 4. The van der Waals surface area contributed by atoms with Gasteiger partial charge >= 0.3 is 17.8 Å². The largest absolute Gasteiger partial charge is 0.462 e. The van der Waals surface area contributed by atoms with Crippen molar-refractivity contribution in [1.29, 1.82) is 5.26 Å². The number of H-pyrrole nitrogens is 1. The molecule has 0 aliphatic carbocycles. The maximum absolute atomic E-state index is 13.5. The van der Waals surface area contributed by atoms with Crippen LogP contribution in [0, 0.1) is 11.3 Å². The van der Waals surface area contributed by atoms with Crippen LogP contribution >= 0.6 is 11.8 Å². The minimum atomic E-state index is -4.97. The van der Waals surface area contributed by atoms with Gasteiger partial charge in [0.1, 0.15) is 11.1 Å². The molecule has 0 amide bonds. The molecular weight excluding hydrogens is 435 g/mol. The standard InChI is InChI=1S/C19H14F3N5O3S/c1-2-30-16(28)13-8-12(9-23)15(24-14(13)19(20,21)22)31-18-26-25-17(29)27(18)10-11-6-4-3-5-7-11/h3-8H,2,10H2,1H3,(H,25,29). The molecule has 160 valence electrons. The van der Waals surface area contributed by atoms with E-state index in [1.54, 1.807) is 36.4 Å². The van der Waals surface area contributed by atoms with Crippen molar-refractivity contribution in [2.75, 3.05) is 6.61 Å². The minimum Gasteiger partial charge on any atom is -0.462 e. The maximum atomic E-state index is 13.5. The van der Waals surface area contributed by atoms with Crippen LogP contribution < -0.4 is 5.69 Å². The van der Waals surface area contributed by atoms with Crippen LogP contribution in [0.25, 0.3) is 0 Å². The predicted octanol–water partition coefficient (Wildman–Crippen LogP) is 3.23. The second-order valence-corrected chi connectivity index (χ2v) is 7.01. The van der Waals surface area contributed by atoms with Gasteiger partial charge in [-0.15, -0.1) is 5.10 Å². The van der Waals surface area contributed by atoms with Gasteiger partial charge in [0, 0.05) is 0 Å². The van der Waals surface area contributed by atoms with Gasteiger partial charge in [-0.25, -0.2) is 19.7 Å². The number of halogens is 3. The Balaban J connectivity index is 2.06. The van der Waals surface area contributed by atoms with Gasteiger partial charge in [-0.05, 0) is 30.3 Å². The van der Waals surface area contributed by atoms with Crippen molar-refractivity contribution >= 4 is 17.7 Å². The highest BCUT2D eigenvalue weighted by molar-refractivity contribution is 7.99. The highest BCUT2D eigenvalue weighted by Crippen LogP contribution is 2.35. The number of esters is 1. The molecule has 0 aliphatic heterocycles. The number of benzene rings is 1. The van der Waals surface area contributed by atoms with Gasteiger partial charge in [-0.2, -0.15) is 18.4 Å². The zero-order valence-corrected chi connectivity index (χ0v) is 16.8. The van der Waals surface area contributed by atoms with Gasteiger partial charge in [-0.1, -0.05) is 30.3 Å². The molecule has 12 heteroatoms. The van der Waals surface area contributed by atoms with Crippen LogP contribution in [0.15, 0.2) is 51.4 Å². The first-order chi connectivity index (χ1) is 14.7. The Morgan fingerprint density at radius 1 is 1.32 bits per heavy atom. The molecule has 2 heterocycles. The van der Waals surface area contributed by atoms with E-state index in [1.807, 2.05) is 0 Å². The number of carbonyl (C=O) groups is 1. The van der Waals surface area contributed by atoms with Gasteiger partial charge in [0.2, 0.25) is 0 Å². The van der Waals surface area contributed by atoms with Crippen molar-refractivity contribution < 1.29 is 22.7 Å². The zero-order chi connectivity index (χ0) is 22.6. The van der Waals surface area contributed by atoms with Crippen molar-refractivity contribution in [3.8, 4) is 6.07 Å². The predicted molar refractivity (Wildman–Crippen MR) is 102 cm³/mol. The van der Waals surface area contributed by atoms with Gasteiger partial charge in [0.05, 0.1) is 24.3 Å². The highest BCUT2D eigenvalue weighted by atomic mass is 32.2. The summed E-state index contributed by atoms with van der Waals surface area (Å²) < 4.78 is 46.5. The molecule has 0 fully saturated rings. The smallest absolute Gasteiger partial charge is 0.434 e. The van der Waals surface area contributed by atoms with Crippen LogP contribution in [-0.2, 0) is 17.5 Å². The van der Waals surface area contributed by atoms with E-state index in [1.165, 1.54) is 11.5 Å². The van der Waals surface area contributed by atoms with Crippen LogP contribution in [0.3, 0.4) is 0 Å². The molecule has 1 aromatic carbocycles. The number of nitriles is 1. The summed E-state index contributed by atoms with van der Waals surface area (Å²) in [7, 11) is 0. The van der Waals surface area contributed by atoms with E-state index in [2.05, 4.69) is 19.9 Å². The number of pyridine rings is 1. The summed E-state index contributed by atoms with van der Waals surface area (Å²) in [4.78, 5) is 27.6. The van der Waals surface area contributed by atoms with Crippen LogP contribution in [0.4, 0.5) is 13.2 Å². The molecular formula is C19H14F3N5O3S. The lowest BCUT2D eigenvalue weighted by Crippen LogP contribution is -2.19. The number of ether oxygens (including phenoxy) is 1. The summed E-state index contributed by atoms with van der Waals surface area (Å²) in [6.45, 7) is 1.40. The van der Waals surface area contributed by atoms with Gasteiger partial charge < -0.3 is 4.74 Å². The number of alkyl halides is 3. The fourth-order valence-corrected chi connectivity index (χ4v) is 3.48. The number of hydrogen-bond donors (Lipinski definition) is 1. The number of hydrogen-bond acceptors (Lipinski definition) is 7. The minimum absolute atomic E-state index is 0.00913. The van der Waals surface area contributed by atoms with Crippen LogP contribution in [0.2, 0.25) is 0 Å². The molecule has 0 saturated heterocycles. The topological polar surface area (TPSA) is 114 Å². The van der Waals surface area contributed by atoms with E-state index in [0.29, 0.717) is 11.8 Å². The summed E-state index contributed by atoms with van der Waals surface area (Å²) >= 11 is 0.604. The number of rotatable bonds is 6. The van der Waals surface area contributed by atoms with E-state index >= 15 is 0 Å². The molecule has 8 nitrogen and oxygen atoms in total. The molecule has 0 saturated carbocycles. The first kappa shape index (κ1) is 22.1. The van der Waals surface area contributed by atoms with E-state index in [0.717, 1.165) is 11.6 Å². The van der Waals surface area contributed by atoms with Gasteiger partial charge in [0.25, 0.3) is 0 Å². The second kappa shape index (κ2) is 9.05. The van der Waals surface area contributed by atoms with Crippen molar-refractivity contribution in [2.45, 2.75) is 29.8 Å². The average molecular weight is 449 g/mol. The van der Waals surface area contributed by atoms with E-state index in [4.69, 9.17) is 0 Å². The first-order valence-corrected chi connectivity index (χ1v) is 9.62. The van der Waals surface area contributed by atoms with Gasteiger partial charge in [0.15, 0.2) is 10.9 Å². The summed E-state index contributed by atoms with van der Waals surface area (Å²) in [6, 6.07) is 11.4. The lowest BCUT2D eigenvalue weighted by molar-refractivity contribution is -0.142. The zero-order valence-electron chi connectivity index (χ0n) is 15.9. The number of nitrogens with zero attached hydrogens (tertiary/aromatic N) is 4. The monoisotopic (exact) mass is 449 g/mol. The van der Waals surface area contributed by atoms with Gasteiger partial charge in [-0.3, -0.25) is 4.57 Å².